The van der Waals surface area contributed by atoms with Gasteiger partial charge in [-0.15, -0.1) is 11.3 Å². The average Bonchev–Trinajstić information content (AvgIpc) is 3.25. The highest BCUT2D eigenvalue weighted by Gasteiger charge is 2.25. The Bertz CT molecular complexity index is 1460. The van der Waals surface area contributed by atoms with Gasteiger partial charge in [-0.1, -0.05) is 12.1 Å². The van der Waals surface area contributed by atoms with Crippen molar-refractivity contribution >= 4 is 61.3 Å². The second-order valence-electron chi connectivity index (χ2n) is 6.83. The van der Waals surface area contributed by atoms with Gasteiger partial charge in [-0.2, -0.15) is 5.26 Å². The Morgan fingerprint density at radius 2 is 2.03 bits per heavy atom. The van der Waals surface area contributed by atoms with E-state index < -0.39 is 0 Å². The Labute approximate surface area is 180 Å². The molecule has 7 heteroatoms. The lowest BCUT2D eigenvalue weighted by atomic mass is 10.00. The maximum absolute atomic E-state index is 11.9. The predicted molar refractivity (Wildman–Crippen MR) is 121 cm³/mol. The number of nitrogens with zero attached hydrogens (tertiary/aromatic N) is 2. The monoisotopic (exact) mass is 427 g/mol. The topological polar surface area (TPSA) is 82.8 Å². The van der Waals surface area contributed by atoms with Gasteiger partial charge in [0.1, 0.15) is 0 Å². The van der Waals surface area contributed by atoms with E-state index in [0.29, 0.717) is 10.5 Å². The molecule has 1 saturated heterocycles. The summed E-state index contributed by atoms with van der Waals surface area (Å²) in [4.78, 5) is 29.3. The van der Waals surface area contributed by atoms with Crippen LogP contribution in [0.4, 0.5) is 4.79 Å². The molecule has 4 aromatic rings. The SMILES string of the molecule is Cc1c(-c2ccnc3ccc(/C=C4/SC(=O)NC4=O)cc23)sc2cccc(C#N)c12. The number of amides is 2. The number of rotatable bonds is 2. The first-order valence-electron chi connectivity index (χ1n) is 9.11. The quantitative estimate of drug-likeness (QED) is 0.420. The lowest BCUT2D eigenvalue weighted by Crippen LogP contribution is -2.17. The molecule has 1 aliphatic rings. The van der Waals surface area contributed by atoms with Gasteiger partial charge in [0.15, 0.2) is 0 Å². The normalized spacial score (nSPS) is 15.1. The molecule has 0 bridgehead atoms. The third-order valence-electron chi connectivity index (χ3n) is 5.02. The Kier molecular flexibility index (Phi) is 4.39. The average molecular weight is 428 g/mol. The first-order valence-corrected chi connectivity index (χ1v) is 10.7. The largest absolute Gasteiger partial charge is 0.290 e. The van der Waals surface area contributed by atoms with Gasteiger partial charge in [0.25, 0.3) is 11.1 Å². The van der Waals surface area contributed by atoms with E-state index in [-0.39, 0.29) is 11.1 Å². The second-order valence-corrected chi connectivity index (χ2v) is 8.90. The van der Waals surface area contributed by atoms with Crippen molar-refractivity contribution in [2.45, 2.75) is 6.92 Å². The number of pyridine rings is 1. The zero-order valence-corrected chi connectivity index (χ0v) is 17.4. The fraction of sp³-hybridized carbons (Fsp3) is 0.0435. The number of nitrogens with one attached hydrogen (secondary N) is 1. The minimum Gasteiger partial charge on any atom is -0.282 e. The van der Waals surface area contributed by atoms with Gasteiger partial charge in [-0.25, -0.2) is 0 Å². The lowest BCUT2D eigenvalue weighted by molar-refractivity contribution is -0.115. The van der Waals surface area contributed by atoms with Crippen LogP contribution in [0.5, 0.6) is 0 Å². The number of imide groups is 1. The van der Waals surface area contributed by atoms with Crippen molar-refractivity contribution in [2.75, 3.05) is 0 Å². The number of benzene rings is 2. The van der Waals surface area contributed by atoms with Crippen LogP contribution in [0.3, 0.4) is 0 Å². The number of aryl methyl sites for hydroxylation is 1. The van der Waals surface area contributed by atoms with E-state index in [4.69, 9.17) is 0 Å². The molecule has 144 valence electrons. The molecule has 0 spiro atoms. The highest BCUT2D eigenvalue weighted by atomic mass is 32.2. The number of carbonyl (C=O) groups excluding carboxylic acids is 2. The van der Waals surface area contributed by atoms with Crippen molar-refractivity contribution < 1.29 is 9.59 Å². The standard InChI is InChI=1S/C23H13N3O2S2/c1-12-20-14(11-24)3-2-4-18(20)29-21(12)15-7-8-25-17-6-5-13(9-16(15)17)10-19-22(27)26-23(28)30-19/h2-10H,1H3,(H,26,27,28)/b19-10+. The second kappa shape index (κ2) is 7.10. The van der Waals surface area contributed by atoms with Crippen LogP contribution in [0.2, 0.25) is 0 Å². The molecule has 2 amide bonds. The molecule has 0 atom stereocenters. The van der Waals surface area contributed by atoms with Gasteiger partial charge < -0.3 is 0 Å². The maximum Gasteiger partial charge on any atom is 0.290 e. The highest BCUT2D eigenvalue weighted by Crippen LogP contribution is 2.42. The maximum atomic E-state index is 11.9. The van der Waals surface area contributed by atoms with Gasteiger partial charge in [0.05, 0.1) is 22.1 Å². The van der Waals surface area contributed by atoms with E-state index in [1.54, 1.807) is 23.6 Å². The summed E-state index contributed by atoms with van der Waals surface area (Å²) in [5, 5.41) is 13.4. The van der Waals surface area contributed by atoms with Crippen LogP contribution in [-0.2, 0) is 4.79 Å². The van der Waals surface area contributed by atoms with Gasteiger partial charge >= 0.3 is 0 Å². The fourth-order valence-corrected chi connectivity index (χ4v) is 5.63. The molecular formula is C23H13N3O2S2. The third-order valence-corrected chi connectivity index (χ3v) is 7.13. The molecule has 1 N–H and O–H groups in total. The zero-order valence-electron chi connectivity index (χ0n) is 15.7. The third kappa shape index (κ3) is 2.98. The van der Waals surface area contributed by atoms with Crippen LogP contribution in [0, 0.1) is 18.3 Å². The molecule has 0 aliphatic carbocycles. The summed E-state index contributed by atoms with van der Waals surface area (Å²) < 4.78 is 1.07. The van der Waals surface area contributed by atoms with E-state index in [2.05, 4.69) is 16.4 Å². The number of thioether (sulfide) groups is 1. The van der Waals surface area contributed by atoms with Crippen molar-refractivity contribution in [1.29, 1.82) is 5.26 Å². The van der Waals surface area contributed by atoms with Crippen LogP contribution >= 0.6 is 23.1 Å². The molecule has 2 aromatic heterocycles. The van der Waals surface area contributed by atoms with Crippen molar-refractivity contribution in [3.8, 4) is 16.5 Å². The van der Waals surface area contributed by atoms with E-state index >= 15 is 0 Å². The van der Waals surface area contributed by atoms with Crippen LogP contribution in [0.25, 0.3) is 37.5 Å². The minimum absolute atomic E-state index is 0.358. The van der Waals surface area contributed by atoms with E-state index in [1.165, 1.54) is 0 Å². The van der Waals surface area contributed by atoms with E-state index in [0.717, 1.165) is 54.3 Å². The van der Waals surface area contributed by atoms with Gasteiger partial charge in [-0.3, -0.25) is 19.9 Å². The summed E-state index contributed by atoms with van der Waals surface area (Å²) in [6, 6.07) is 15.8. The highest BCUT2D eigenvalue weighted by molar-refractivity contribution is 8.18. The molecule has 1 fully saturated rings. The predicted octanol–water partition coefficient (Wildman–Crippen LogP) is 5.62. The Balaban J connectivity index is 1.71. The summed E-state index contributed by atoms with van der Waals surface area (Å²) in [6.07, 6.45) is 3.50. The summed E-state index contributed by atoms with van der Waals surface area (Å²) in [7, 11) is 0. The molecular weight excluding hydrogens is 414 g/mol. The zero-order chi connectivity index (χ0) is 20.8. The number of aromatic nitrogens is 1. The summed E-state index contributed by atoms with van der Waals surface area (Å²) in [6.45, 7) is 2.04. The first kappa shape index (κ1) is 18.6. The fourth-order valence-electron chi connectivity index (χ4n) is 3.68. The van der Waals surface area contributed by atoms with Crippen molar-refractivity contribution in [3.63, 3.8) is 0 Å². The summed E-state index contributed by atoms with van der Waals surface area (Å²) >= 11 is 2.55. The van der Waals surface area contributed by atoms with Crippen LogP contribution in [-0.4, -0.2) is 16.1 Å². The lowest BCUT2D eigenvalue weighted by Gasteiger charge is -2.07. The summed E-state index contributed by atoms with van der Waals surface area (Å²) in [5.74, 6) is -0.374. The molecule has 5 nitrogen and oxygen atoms in total. The Hall–Kier alpha value is -3.47. The summed E-state index contributed by atoms with van der Waals surface area (Å²) in [5.41, 5.74) is 4.43. The number of hydrogen-bond donors (Lipinski definition) is 1. The van der Waals surface area contributed by atoms with Crippen LogP contribution in [0.1, 0.15) is 16.7 Å². The van der Waals surface area contributed by atoms with Crippen molar-refractivity contribution in [1.82, 2.24) is 10.3 Å². The number of hydrogen-bond acceptors (Lipinski definition) is 6. The van der Waals surface area contributed by atoms with Crippen LogP contribution < -0.4 is 5.32 Å². The van der Waals surface area contributed by atoms with E-state index in [1.807, 2.05) is 49.4 Å². The van der Waals surface area contributed by atoms with Gasteiger partial charge in [0.2, 0.25) is 0 Å². The molecule has 2 aromatic carbocycles. The molecule has 0 saturated carbocycles. The van der Waals surface area contributed by atoms with Crippen molar-refractivity contribution in [3.05, 3.63) is 70.3 Å². The molecule has 0 radical (unpaired) electrons. The van der Waals surface area contributed by atoms with Gasteiger partial charge in [0, 0.05) is 32.1 Å². The molecule has 1 aliphatic heterocycles. The van der Waals surface area contributed by atoms with Crippen LogP contribution in [0.15, 0.2) is 53.6 Å². The minimum atomic E-state index is -0.374. The Morgan fingerprint density at radius 3 is 2.80 bits per heavy atom. The number of nitriles is 1. The van der Waals surface area contributed by atoms with E-state index in [9.17, 15) is 14.9 Å². The molecule has 0 unspecified atom stereocenters. The number of thiophene rings is 1. The van der Waals surface area contributed by atoms with Gasteiger partial charge in [-0.05, 0) is 66.2 Å². The molecule has 5 rings (SSSR count). The Morgan fingerprint density at radius 1 is 1.17 bits per heavy atom. The smallest absolute Gasteiger partial charge is 0.282 e. The first-order chi connectivity index (χ1) is 14.5. The number of fused-ring (bicyclic) bond motifs is 2. The molecule has 3 heterocycles. The number of carbonyl (C=O) groups is 2. The molecule has 30 heavy (non-hydrogen) atoms. The van der Waals surface area contributed by atoms with Crippen molar-refractivity contribution in [2.24, 2.45) is 0 Å².